The molecule has 0 radical (unpaired) electrons. The largest absolute Gasteiger partial charge is 0.454 e. The summed E-state index contributed by atoms with van der Waals surface area (Å²) in [5, 5.41) is 3.51. The number of rotatable bonds is 5. The van der Waals surface area contributed by atoms with Crippen molar-refractivity contribution in [2.75, 3.05) is 6.61 Å². The molecule has 2 aromatic heterocycles. The molecule has 1 N–H and O–H groups in total. The molecule has 0 aromatic carbocycles. The van der Waals surface area contributed by atoms with Crippen LogP contribution in [0.4, 0.5) is 0 Å². The summed E-state index contributed by atoms with van der Waals surface area (Å²) in [6.07, 6.45) is 4.58. The molecule has 0 aliphatic heterocycles. The minimum Gasteiger partial charge on any atom is -0.454 e. The topological polar surface area (TPSA) is 90.3 Å². The van der Waals surface area contributed by atoms with Crippen LogP contribution in [0, 0.1) is 25.7 Å². The third kappa shape index (κ3) is 4.27. The minimum absolute atomic E-state index is 0.119. The lowest BCUT2D eigenvalue weighted by Crippen LogP contribution is -2.45. The maximum atomic E-state index is 12.6. The Labute approximate surface area is 168 Å². The van der Waals surface area contributed by atoms with Crippen molar-refractivity contribution in [3.8, 4) is 0 Å². The van der Waals surface area contributed by atoms with Gasteiger partial charge in [0.05, 0.1) is 11.7 Å². The van der Waals surface area contributed by atoms with E-state index in [2.05, 4.69) is 24.1 Å². The Morgan fingerprint density at radius 3 is 2.82 bits per heavy atom. The molecular formula is C20H27N3O4S. The summed E-state index contributed by atoms with van der Waals surface area (Å²) in [6.45, 7) is 7.55. The highest BCUT2D eigenvalue weighted by Crippen LogP contribution is 2.29. The first-order valence-corrected chi connectivity index (χ1v) is 10.5. The van der Waals surface area contributed by atoms with E-state index < -0.39 is 5.97 Å². The Bertz CT molecular complexity index is 949. The van der Waals surface area contributed by atoms with Crippen molar-refractivity contribution in [1.29, 1.82) is 0 Å². The number of fused-ring (bicyclic) bond motifs is 1. The summed E-state index contributed by atoms with van der Waals surface area (Å²) in [7, 11) is 0. The van der Waals surface area contributed by atoms with E-state index in [4.69, 9.17) is 4.74 Å². The summed E-state index contributed by atoms with van der Waals surface area (Å²) in [5.41, 5.74) is 0.619. The zero-order valence-corrected chi connectivity index (χ0v) is 17.6. The molecule has 0 saturated heterocycles. The summed E-state index contributed by atoms with van der Waals surface area (Å²) in [6, 6.07) is 0.119. The molecule has 28 heavy (non-hydrogen) atoms. The normalized spacial score (nSPS) is 22.2. The summed E-state index contributed by atoms with van der Waals surface area (Å²) in [5.74, 6) is 0.0415. The van der Waals surface area contributed by atoms with E-state index in [0.717, 1.165) is 23.3 Å². The van der Waals surface area contributed by atoms with Crippen molar-refractivity contribution in [2.45, 2.75) is 59.5 Å². The maximum Gasteiger partial charge on any atom is 0.326 e. The molecule has 1 amide bonds. The number of ether oxygens (including phenoxy) is 1. The predicted octanol–water partition coefficient (Wildman–Crippen LogP) is 2.56. The smallest absolute Gasteiger partial charge is 0.326 e. The van der Waals surface area contributed by atoms with Gasteiger partial charge in [-0.15, -0.1) is 11.3 Å². The average Bonchev–Trinajstić information content (AvgIpc) is 2.94. The van der Waals surface area contributed by atoms with Crippen molar-refractivity contribution in [1.82, 2.24) is 14.9 Å². The Kier molecular flexibility index (Phi) is 6.17. The second kappa shape index (κ2) is 8.43. The number of hydrogen-bond acceptors (Lipinski definition) is 6. The zero-order chi connectivity index (χ0) is 20.4. The van der Waals surface area contributed by atoms with E-state index in [1.807, 2.05) is 13.8 Å². The van der Waals surface area contributed by atoms with Crippen LogP contribution in [-0.2, 0) is 20.9 Å². The van der Waals surface area contributed by atoms with Gasteiger partial charge in [-0.25, -0.2) is 4.98 Å². The molecule has 3 rings (SSSR count). The van der Waals surface area contributed by atoms with E-state index in [1.165, 1.54) is 28.7 Å². The highest BCUT2D eigenvalue weighted by molar-refractivity contribution is 7.18. The number of nitrogens with one attached hydrogen (secondary N) is 1. The molecule has 152 valence electrons. The molecule has 8 heteroatoms. The molecule has 2 heterocycles. The van der Waals surface area contributed by atoms with E-state index in [9.17, 15) is 14.4 Å². The maximum absolute atomic E-state index is 12.6. The summed E-state index contributed by atoms with van der Waals surface area (Å²) < 4.78 is 6.31. The summed E-state index contributed by atoms with van der Waals surface area (Å²) in [4.78, 5) is 42.8. The van der Waals surface area contributed by atoms with Crippen LogP contribution >= 0.6 is 11.3 Å². The van der Waals surface area contributed by atoms with Crippen LogP contribution in [0.1, 0.15) is 43.6 Å². The fourth-order valence-electron chi connectivity index (χ4n) is 3.75. The van der Waals surface area contributed by atoms with E-state index >= 15 is 0 Å². The standard InChI is InChI=1S/C20H27N3O4S/c1-11-6-5-7-15(12(11)2)22-16(24)9-27-17(25)8-23-10-21-19-18(20(23)26)13(3)14(4)28-19/h10-12,15H,5-9H2,1-4H3,(H,22,24)/t11-,12+,15+/m1/s1. The van der Waals surface area contributed by atoms with Crippen LogP contribution in [0.2, 0.25) is 0 Å². The first-order valence-electron chi connectivity index (χ1n) is 9.68. The number of esters is 1. The third-order valence-corrected chi connectivity index (χ3v) is 6.99. The fourth-order valence-corrected chi connectivity index (χ4v) is 4.74. The van der Waals surface area contributed by atoms with Gasteiger partial charge in [-0.1, -0.05) is 26.7 Å². The van der Waals surface area contributed by atoms with Crippen molar-refractivity contribution in [2.24, 2.45) is 11.8 Å². The number of hydrogen-bond donors (Lipinski definition) is 1. The van der Waals surface area contributed by atoms with Crippen LogP contribution in [0.5, 0.6) is 0 Å². The number of thiophene rings is 1. The van der Waals surface area contributed by atoms with Gasteiger partial charge in [0.25, 0.3) is 11.5 Å². The van der Waals surface area contributed by atoms with Gasteiger partial charge in [0, 0.05) is 10.9 Å². The number of aryl methyl sites for hydroxylation is 2. The number of nitrogens with zero attached hydrogens (tertiary/aromatic N) is 2. The summed E-state index contributed by atoms with van der Waals surface area (Å²) >= 11 is 1.46. The minimum atomic E-state index is -0.631. The molecule has 3 atom stereocenters. The van der Waals surface area contributed by atoms with Crippen LogP contribution in [0.15, 0.2) is 11.1 Å². The van der Waals surface area contributed by atoms with Crippen molar-refractivity contribution < 1.29 is 14.3 Å². The van der Waals surface area contributed by atoms with Gasteiger partial charge in [0.1, 0.15) is 11.4 Å². The van der Waals surface area contributed by atoms with Gasteiger partial charge in [0.2, 0.25) is 0 Å². The monoisotopic (exact) mass is 405 g/mol. The molecule has 7 nitrogen and oxygen atoms in total. The SMILES string of the molecule is Cc1sc2ncn(CC(=O)OCC(=O)N[C@H]3CCC[C@@H](C)[C@@H]3C)c(=O)c2c1C. The first-order chi connectivity index (χ1) is 13.3. The molecular weight excluding hydrogens is 378 g/mol. The molecule has 1 saturated carbocycles. The molecule has 2 aromatic rings. The van der Waals surface area contributed by atoms with Crippen LogP contribution < -0.4 is 10.9 Å². The highest BCUT2D eigenvalue weighted by Gasteiger charge is 2.28. The zero-order valence-electron chi connectivity index (χ0n) is 16.8. The van der Waals surface area contributed by atoms with Crippen molar-refractivity contribution in [3.05, 3.63) is 27.1 Å². The lowest BCUT2D eigenvalue weighted by Gasteiger charge is -2.34. The van der Waals surface area contributed by atoms with Crippen LogP contribution in [-0.4, -0.2) is 34.1 Å². The Morgan fingerprint density at radius 2 is 2.07 bits per heavy atom. The van der Waals surface area contributed by atoms with Gasteiger partial charge in [-0.05, 0) is 37.7 Å². The second-order valence-corrected chi connectivity index (χ2v) is 8.95. The number of amides is 1. The van der Waals surface area contributed by atoms with Crippen LogP contribution in [0.3, 0.4) is 0 Å². The van der Waals surface area contributed by atoms with Crippen molar-refractivity contribution in [3.63, 3.8) is 0 Å². The first kappa shape index (κ1) is 20.5. The number of aromatic nitrogens is 2. The fraction of sp³-hybridized carbons (Fsp3) is 0.600. The highest BCUT2D eigenvalue weighted by atomic mass is 32.1. The molecule has 0 bridgehead atoms. The van der Waals surface area contributed by atoms with E-state index in [-0.39, 0.29) is 30.7 Å². The molecule has 0 unspecified atom stereocenters. The quantitative estimate of drug-likeness (QED) is 0.772. The lowest BCUT2D eigenvalue weighted by atomic mass is 9.78. The molecule has 1 aliphatic carbocycles. The Balaban J connectivity index is 1.56. The molecule has 1 aliphatic rings. The van der Waals surface area contributed by atoms with Gasteiger partial charge in [0.15, 0.2) is 6.61 Å². The second-order valence-electron chi connectivity index (χ2n) is 7.74. The third-order valence-electron chi connectivity index (χ3n) is 5.87. The molecule has 0 spiro atoms. The predicted molar refractivity (Wildman–Crippen MR) is 108 cm³/mol. The Hall–Kier alpha value is -2.22. The van der Waals surface area contributed by atoms with Gasteiger partial charge in [-0.3, -0.25) is 19.0 Å². The number of carbonyl (C=O) groups is 2. The van der Waals surface area contributed by atoms with Gasteiger partial charge >= 0.3 is 5.97 Å². The lowest BCUT2D eigenvalue weighted by molar-refractivity contribution is -0.149. The van der Waals surface area contributed by atoms with Crippen LogP contribution in [0.25, 0.3) is 10.2 Å². The van der Waals surface area contributed by atoms with E-state index in [1.54, 1.807) is 0 Å². The van der Waals surface area contributed by atoms with Crippen molar-refractivity contribution >= 4 is 33.4 Å². The molecule has 1 fully saturated rings. The Morgan fingerprint density at radius 1 is 1.32 bits per heavy atom. The van der Waals surface area contributed by atoms with Gasteiger partial charge in [-0.2, -0.15) is 0 Å². The van der Waals surface area contributed by atoms with Gasteiger partial charge < -0.3 is 10.1 Å². The van der Waals surface area contributed by atoms with E-state index in [0.29, 0.717) is 22.1 Å². The average molecular weight is 406 g/mol. The number of carbonyl (C=O) groups excluding carboxylic acids is 2.